The molecule has 1 aromatic carbocycles. The van der Waals surface area contributed by atoms with Crippen molar-refractivity contribution < 1.29 is 14.3 Å². The second-order valence-corrected chi connectivity index (χ2v) is 6.17. The van der Waals surface area contributed by atoms with Crippen LogP contribution in [0, 0.1) is 0 Å². The number of carbonyl (C=O) groups is 1. The lowest BCUT2D eigenvalue weighted by atomic mass is 10.1. The number of hydrogen-bond donors (Lipinski definition) is 0. The van der Waals surface area contributed by atoms with Gasteiger partial charge < -0.3 is 18.9 Å². The molecule has 0 atom stereocenters. The van der Waals surface area contributed by atoms with Crippen LogP contribution in [-0.2, 0) is 17.8 Å². The molecule has 0 radical (unpaired) electrons. The highest BCUT2D eigenvalue weighted by Crippen LogP contribution is 2.26. The molecule has 0 saturated heterocycles. The number of aryl methyl sites for hydroxylation is 1. The van der Waals surface area contributed by atoms with Crippen LogP contribution in [0.1, 0.15) is 17.9 Å². The topological polar surface area (TPSA) is 58.2 Å². The van der Waals surface area contributed by atoms with Gasteiger partial charge >= 0.3 is 0 Å². The highest BCUT2D eigenvalue weighted by atomic mass is 79.9. The molecule has 23 heavy (non-hydrogen) atoms. The van der Waals surface area contributed by atoms with E-state index in [9.17, 15) is 9.90 Å². The molecule has 0 aliphatic carbocycles. The number of benzene rings is 1. The van der Waals surface area contributed by atoms with Gasteiger partial charge in [-0.15, -0.1) is 0 Å². The molecule has 4 nitrogen and oxygen atoms in total. The first-order chi connectivity index (χ1) is 11.1. The monoisotopic (exact) mass is 372 g/mol. The summed E-state index contributed by atoms with van der Waals surface area (Å²) in [6.07, 6.45) is 2.07. The summed E-state index contributed by atoms with van der Waals surface area (Å²) < 4.78 is 8.54. The molecule has 0 unspecified atom stereocenters. The van der Waals surface area contributed by atoms with Crippen LogP contribution in [0.15, 0.2) is 63.7 Å². The smallest absolute Gasteiger partial charge is 0.123 e. The zero-order valence-corrected chi connectivity index (χ0v) is 14.0. The third kappa shape index (κ3) is 3.74. The normalized spacial score (nSPS) is 10.8. The number of carbonyl (C=O) groups excluding carboxylic acids is 1. The third-order valence-corrected chi connectivity index (χ3v) is 4.22. The van der Waals surface area contributed by atoms with Crippen molar-refractivity contribution in [2.24, 2.45) is 0 Å². The van der Waals surface area contributed by atoms with E-state index in [-0.39, 0.29) is 6.42 Å². The van der Waals surface area contributed by atoms with Gasteiger partial charge in [0, 0.05) is 21.8 Å². The molecular weight excluding hydrogens is 358 g/mol. The van der Waals surface area contributed by atoms with Crippen LogP contribution in [-0.4, -0.2) is 10.5 Å². The van der Waals surface area contributed by atoms with Gasteiger partial charge in [0.1, 0.15) is 5.76 Å². The summed E-state index contributed by atoms with van der Waals surface area (Å²) in [7, 11) is 0. The molecule has 2 aromatic heterocycles. The minimum absolute atomic E-state index is 0.00193. The molecule has 0 spiro atoms. The Morgan fingerprint density at radius 3 is 2.57 bits per heavy atom. The van der Waals surface area contributed by atoms with Gasteiger partial charge in [-0.25, -0.2) is 0 Å². The van der Waals surface area contributed by atoms with Crippen molar-refractivity contribution >= 4 is 21.9 Å². The Hall–Kier alpha value is -2.27. The summed E-state index contributed by atoms with van der Waals surface area (Å²) in [5, 5.41) is 10.8. The lowest BCUT2D eigenvalue weighted by Crippen LogP contribution is -2.23. The number of rotatable bonds is 6. The van der Waals surface area contributed by atoms with E-state index in [1.807, 2.05) is 48.5 Å². The molecule has 0 fully saturated rings. The Balaban J connectivity index is 1.97. The predicted octanol–water partition coefficient (Wildman–Crippen LogP) is 3.24. The fourth-order valence-electron chi connectivity index (χ4n) is 2.58. The summed E-state index contributed by atoms with van der Waals surface area (Å²) in [6.45, 7) is 0.563. The van der Waals surface area contributed by atoms with Crippen molar-refractivity contribution in [1.82, 2.24) is 4.57 Å². The number of halogens is 1. The van der Waals surface area contributed by atoms with Crippen molar-refractivity contribution in [3.63, 3.8) is 0 Å². The first-order valence-corrected chi connectivity index (χ1v) is 8.09. The number of hydrogen-bond acceptors (Lipinski definition) is 3. The lowest BCUT2D eigenvalue weighted by molar-refractivity contribution is -0.305. The van der Waals surface area contributed by atoms with Crippen molar-refractivity contribution in [3.8, 4) is 11.3 Å². The summed E-state index contributed by atoms with van der Waals surface area (Å²) >= 11 is 3.44. The maximum Gasteiger partial charge on any atom is 0.123 e. The van der Waals surface area contributed by atoms with E-state index in [0.717, 1.165) is 27.2 Å². The first kappa shape index (κ1) is 15.6. The van der Waals surface area contributed by atoms with Crippen molar-refractivity contribution in [3.05, 3.63) is 70.7 Å². The quantitative estimate of drug-likeness (QED) is 0.667. The average molecular weight is 373 g/mol. The molecular formula is C18H15BrNO3-. The van der Waals surface area contributed by atoms with Crippen LogP contribution in [0.4, 0.5) is 0 Å². The minimum Gasteiger partial charge on any atom is -0.550 e. The van der Waals surface area contributed by atoms with Crippen molar-refractivity contribution in [1.29, 1.82) is 0 Å². The van der Waals surface area contributed by atoms with Crippen LogP contribution in [0.25, 0.3) is 11.3 Å². The number of carboxylic acid groups (broad SMARTS) is 1. The number of aliphatic carboxylic acids is 1. The maximum atomic E-state index is 10.8. The standard InChI is InChI=1S/C18H16BrNO3/c19-14-5-3-13(4-6-14)17-9-7-15(8-10-18(21)22)20(17)12-16-2-1-11-23-16/h1-7,9,11H,8,10,12H2,(H,21,22)/p-1. The van der Waals surface area contributed by atoms with Crippen molar-refractivity contribution in [2.75, 3.05) is 0 Å². The van der Waals surface area contributed by atoms with Gasteiger partial charge in [-0.05, 0) is 54.8 Å². The van der Waals surface area contributed by atoms with Gasteiger partial charge in [-0.3, -0.25) is 0 Å². The molecule has 0 saturated carbocycles. The summed E-state index contributed by atoms with van der Waals surface area (Å²) in [5.74, 6) is -0.213. The highest BCUT2D eigenvalue weighted by molar-refractivity contribution is 9.10. The first-order valence-electron chi connectivity index (χ1n) is 7.30. The summed E-state index contributed by atoms with van der Waals surface area (Å²) in [4.78, 5) is 10.8. The summed E-state index contributed by atoms with van der Waals surface area (Å²) in [5.41, 5.74) is 3.05. The molecule has 0 aliphatic rings. The Morgan fingerprint density at radius 1 is 1.13 bits per heavy atom. The molecule has 0 N–H and O–H groups in total. The van der Waals surface area contributed by atoms with Gasteiger partial charge in [-0.2, -0.15) is 0 Å². The SMILES string of the molecule is O=C([O-])CCc1ccc(-c2ccc(Br)cc2)n1Cc1ccco1. The van der Waals surface area contributed by atoms with E-state index in [1.54, 1.807) is 6.26 Å². The Bertz CT molecular complexity index is 788. The number of aromatic nitrogens is 1. The average Bonchev–Trinajstić information content (AvgIpc) is 3.17. The van der Waals surface area contributed by atoms with Crippen LogP contribution in [0.2, 0.25) is 0 Å². The number of furan rings is 1. The molecule has 0 amide bonds. The molecule has 0 aliphatic heterocycles. The third-order valence-electron chi connectivity index (χ3n) is 3.69. The zero-order valence-electron chi connectivity index (χ0n) is 12.4. The number of nitrogens with zero attached hydrogens (tertiary/aromatic N) is 1. The molecule has 0 bridgehead atoms. The zero-order chi connectivity index (χ0) is 16.2. The molecule has 3 aromatic rings. The van der Waals surface area contributed by atoms with E-state index in [4.69, 9.17) is 4.42 Å². The summed E-state index contributed by atoms with van der Waals surface area (Å²) in [6, 6.07) is 15.8. The predicted molar refractivity (Wildman–Crippen MR) is 88.7 cm³/mol. The van der Waals surface area contributed by atoms with Gasteiger partial charge in [0.2, 0.25) is 0 Å². The Morgan fingerprint density at radius 2 is 1.91 bits per heavy atom. The van der Waals surface area contributed by atoms with Gasteiger partial charge in [-0.1, -0.05) is 28.1 Å². The fourth-order valence-corrected chi connectivity index (χ4v) is 2.84. The maximum absolute atomic E-state index is 10.8. The molecule has 118 valence electrons. The van der Waals surface area contributed by atoms with E-state index in [2.05, 4.69) is 20.5 Å². The molecule has 3 rings (SSSR count). The van der Waals surface area contributed by atoms with Crippen molar-refractivity contribution in [2.45, 2.75) is 19.4 Å². The number of carboxylic acids is 1. The van der Waals surface area contributed by atoms with E-state index < -0.39 is 5.97 Å². The Labute approximate surface area is 142 Å². The van der Waals surface area contributed by atoms with Crippen LogP contribution in [0.5, 0.6) is 0 Å². The molecule has 2 heterocycles. The minimum atomic E-state index is -1.04. The second-order valence-electron chi connectivity index (χ2n) is 5.25. The van der Waals surface area contributed by atoms with Crippen LogP contribution in [0.3, 0.4) is 0 Å². The van der Waals surface area contributed by atoms with Crippen LogP contribution < -0.4 is 5.11 Å². The van der Waals surface area contributed by atoms with Gasteiger partial charge in [0.25, 0.3) is 0 Å². The Kier molecular flexibility index (Phi) is 4.67. The highest BCUT2D eigenvalue weighted by Gasteiger charge is 2.12. The molecule has 5 heteroatoms. The van der Waals surface area contributed by atoms with Gasteiger partial charge in [0.15, 0.2) is 0 Å². The van der Waals surface area contributed by atoms with E-state index in [1.165, 1.54) is 0 Å². The second kappa shape index (κ2) is 6.87. The fraction of sp³-hybridized carbons (Fsp3) is 0.167. The van der Waals surface area contributed by atoms with Gasteiger partial charge in [0.05, 0.1) is 12.8 Å². The van der Waals surface area contributed by atoms with E-state index in [0.29, 0.717) is 13.0 Å². The largest absolute Gasteiger partial charge is 0.550 e. The van der Waals surface area contributed by atoms with Crippen LogP contribution >= 0.6 is 15.9 Å². The lowest BCUT2D eigenvalue weighted by Gasteiger charge is -2.13. The van der Waals surface area contributed by atoms with E-state index >= 15 is 0 Å².